The van der Waals surface area contributed by atoms with Gasteiger partial charge in [-0.05, 0) is 109 Å². The Bertz CT molecular complexity index is 1010. The first kappa shape index (κ1) is 46.8. The Balaban J connectivity index is 4.62. The Morgan fingerprint density at radius 1 is 0.620 bits per heavy atom. The fraction of sp³-hybridized carbons (Fsp3) is 0.651. The highest BCUT2D eigenvalue weighted by atomic mass is 16.5. The highest BCUT2D eigenvalue weighted by molar-refractivity contribution is 5.83. The van der Waals surface area contributed by atoms with Gasteiger partial charge in [-0.2, -0.15) is 0 Å². The van der Waals surface area contributed by atoms with Crippen molar-refractivity contribution in [2.24, 2.45) is 5.73 Å². The number of hydrogen-bond acceptors (Lipinski definition) is 5. The average Bonchev–Trinajstić information content (AvgIpc) is 3.10. The molecule has 0 radical (unpaired) electrons. The van der Waals surface area contributed by atoms with Crippen molar-refractivity contribution in [1.29, 1.82) is 0 Å². The molecule has 0 aliphatic carbocycles. The zero-order valence-electron chi connectivity index (χ0n) is 31.7. The van der Waals surface area contributed by atoms with E-state index in [0.29, 0.717) is 45.1 Å². The lowest BCUT2D eigenvalue weighted by atomic mass is 10.1. The predicted molar refractivity (Wildman–Crippen MR) is 211 cm³/mol. The Morgan fingerprint density at radius 3 is 1.74 bits per heavy atom. The lowest BCUT2D eigenvalue weighted by molar-refractivity contribution is -0.147. The van der Waals surface area contributed by atoms with E-state index >= 15 is 0 Å². The van der Waals surface area contributed by atoms with Crippen LogP contribution in [0.3, 0.4) is 0 Å². The summed E-state index contributed by atoms with van der Waals surface area (Å²) in [4.78, 5) is 36.5. The summed E-state index contributed by atoms with van der Waals surface area (Å²) >= 11 is 0. The van der Waals surface area contributed by atoms with Crippen molar-refractivity contribution in [2.75, 3.05) is 6.54 Å². The molecule has 2 atom stereocenters. The van der Waals surface area contributed by atoms with Gasteiger partial charge < -0.3 is 20.9 Å². The van der Waals surface area contributed by atoms with Crippen molar-refractivity contribution in [3.8, 4) is 0 Å². The van der Waals surface area contributed by atoms with Gasteiger partial charge in [0.1, 0.15) is 12.1 Å². The van der Waals surface area contributed by atoms with Crippen LogP contribution in [0.2, 0.25) is 0 Å². The van der Waals surface area contributed by atoms with Gasteiger partial charge in [-0.3, -0.25) is 9.59 Å². The highest BCUT2D eigenvalue weighted by Gasteiger charge is 2.19. The molecular weight excluding hydrogens is 624 g/mol. The molecule has 0 saturated carbocycles. The van der Waals surface area contributed by atoms with Crippen molar-refractivity contribution in [1.82, 2.24) is 5.32 Å². The SMILES string of the molecule is CC/C=C\C/C=C\C/C=C\C/C=C\C/C=C\C(CCCCC(=O)NC(CCCN)C(=O)O)OC(=O)CCCCCCC/C=C\CCCCCC. The third kappa shape index (κ3) is 33.3. The number of carboxylic acid groups (broad SMARTS) is 1. The van der Waals surface area contributed by atoms with E-state index in [-0.39, 0.29) is 24.4 Å². The van der Waals surface area contributed by atoms with Crippen LogP contribution in [-0.2, 0) is 19.1 Å². The first-order chi connectivity index (χ1) is 24.4. The summed E-state index contributed by atoms with van der Waals surface area (Å²) in [6, 6.07) is -0.914. The number of nitrogens with two attached hydrogens (primary N) is 1. The molecule has 50 heavy (non-hydrogen) atoms. The van der Waals surface area contributed by atoms with Gasteiger partial charge in [0.05, 0.1) is 0 Å². The van der Waals surface area contributed by atoms with Crippen LogP contribution in [0, 0.1) is 0 Å². The maximum Gasteiger partial charge on any atom is 0.326 e. The Labute approximate surface area is 305 Å². The Morgan fingerprint density at radius 2 is 1.16 bits per heavy atom. The second kappa shape index (κ2) is 37.1. The van der Waals surface area contributed by atoms with E-state index in [1.54, 1.807) is 0 Å². The number of hydrogen-bond donors (Lipinski definition) is 3. The van der Waals surface area contributed by atoms with Crippen LogP contribution in [0.5, 0.6) is 0 Å². The molecule has 7 nitrogen and oxygen atoms in total. The molecule has 0 heterocycles. The molecule has 1 amide bonds. The van der Waals surface area contributed by atoms with E-state index < -0.39 is 12.0 Å². The number of aliphatic carboxylic acids is 1. The second-order valence-corrected chi connectivity index (χ2v) is 13.0. The molecule has 0 rings (SSSR count). The normalized spacial score (nSPS) is 13.5. The van der Waals surface area contributed by atoms with Crippen molar-refractivity contribution < 1.29 is 24.2 Å². The van der Waals surface area contributed by atoms with Gasteiger partial charge in [0.15, 0.2) is 0 Å². The molecule has 2 unspecified atom stereocenters. The summed E-state index contributed by atoms with van der Waals surface area (Å²) in [6.07, 6.45) is 46.6. The number of nitrogens with one attached hydrogen (secondary N) is 1. The summed E-state index contributed by atoms with van der Waals surface area (Å²) in [7, 11) is 0. The summed E-state index contributed by atoms with van der Waals surface area (Å²) in [6.45, 7) is 4.76. The van der Waals surface area contributed by atoms with Crippen LogP contribution < -0.4 is 11.1 Å². The molecule has 0 aliphatic heterocycles. The third-order valence-corrected chi connectivity index (χ3v) is 8.24. The number of allylic oxidation sites excluding steroid dienone is 11. The first-order valence-corrected chi connectivity index (χ1v) is 19.8. The first-order valence-electron chi connectivity index (χ1n) is 19.8. The number of carboxylic acids is 1. The van der Waals surface area contributed by atoms with Gasteiger partial charge in [-0.25, -0.2) is 4.79 Å². The van der Waals surface area contributed by atoms with E-state index in [2.05, 4.69) is 79.9 Å². The molecule has 0 bridgehead atoms. The monoisotopic (exact) mass is 697 g/mol. The minimum atomic E-state index is -1.04. The zero-order chi connectivity index (χ0) is 36.8. The number of carbonyl (C=O) groups is 3. The Hall–Kier alpha value is -3.19. The number of amides is 1. The van der Waals surface area contributed by atoms with E-state index in [9.17, 15) is 19.5 Å². The van der Waals surface area contributed by atoms with Crippen molar-refractivity contribution >= 4 is 17.8 Å². The highest BCUT2D eigenvalue weighted by Crippen LogP contribution is 2.14. The predicted octanol–water partition coefficient (Wildman–Crippen LogP) is 10.8. The van der Waals surface area contributed by atoms with E-state index in [4.69, 9.17) is 10.5 Å². The topological polar surface area (TPSA) is 119 Å². The lowest BCUT2D eigenvalue weighted by Gasteiger charge is -2.16. The molecule has 0 aromatic rings. The maximum absolute atomic E-state index is 12.7. The molecule has 0 saturated heterocycles. The summed E-state index contributed by atoms with van der Waals surface area (Å²) in [5.41, 5.74) is 5.49. The number of unbranched alkanes of at least 4 members (excludes halogenated alkanes) is 10. The van der Waals surface area contributed by atoms with Crippen LogP contribution in [-0.4, -0.2) is 41.6 Å². The summed E-state index contributed by atoms with van der Waals surface area (Å²) < 4.78 is 5.85. The van der Waals surface area contributed by atoms with Gasteiger partial charge in [0, 0.05) is 12.8 Å². The second-order valence-electron chi connectivity index (χ2n) is 13.0. The molecule has 7 heteroatoms. The van der Waals surface area contributed by atoms with Gasteiger partial charge in [-0.1, -0.05) is 119 Å². The molecule has 0 aromatic heterocycles. The minimum absolute atomic E-state index is 0.177. The molecule has 284 valence electrons. The van der Waals surface area contributed by atoms with E-state index in [0.717, 1.165) is 57.8 Å². The molecule has 0 aliphatic rings. The molecule has 0 spiro atoms. The van der Waals surface area contributed by atoms with E-state index in [1.165, 1.54) is 44.9 Å². The van der Waals surface area contributed by atoms with Gasteiger partial charge in [0.25, 0.3) is 0 Å². The minimum Gasteiger partial charge on any atom is -0.480 e. The zero-order valence-corrected chi connectivity index (χ0v) is 31.7. The molecule has 4 N–H and O–H groups in total. The molecular formula is C43H72N2O5. The van der Waals surface area contributed by atoms with Gasteiger partial charge in [-0.15, -0.1) is 0 Å². The van der Waals surface area contributed by atoms with Gasteiger partial charge in [0.2, 0.25) is 5.91 Å². The quantitative estimate of drug-likeness (QED) is 0.0350. The fourth-order valence-corrected chi connectivity index (χ4v) is 5.27. The number of rotatable bonds is 34. The number of carbonyl (C=O) groups excluding carboxylic acids is 2. The number of ether oxygens (including phenoxy) is 1. The molecule has 0 fully saturated rings. The van der Waals surface area contributed by atoms with E-state index in [1.807, 2.05) is 12.2 Å². The summed E-state index contributed by atoms with van der Waals surface area (Å²) in [5, 5.41) is 11.9. The van der Waals surface area contributed by atoms with Crippen molar-refractivity contribution in [3.63, 3.8) is 0 Å². The standard InChI is InChI=1S/C43H72N2O5/c1-3-5-7-9-11-13-15-17-19-20-22-24-26-28-33-39(34-30-31-36-41(46)45-40(43(48)49)35-32-38-44)50-42(47)37-29-27-25-23-21-18-16-14-12-10-8-6-4-2/h5,7,11,13-14,16-17,19,22,24,28,33,39-40H,3-4,6,8-10,12,15,18,20-21,23,25-27,29-32,34-38,44H2,1-2H3,(H,45,46)(H,48,49)/b7-5-,13-11-,16-14-,19-17-,24-22-,33-28-. The van der Waals surface area contributed by atoms with Crippen molar-refractivity contribution in [2.45, 2.75) is 174 Å². The lowest BCUT2D eigenvalue weighted by Crippen LogP contribution is -2.40. The summed E-state index contributed by atoms with van der Waals surface area (Å²) in [5.74, 6) is -1.50. The van der Waals surface area contributed by atoms with Crippen LogP contribution >= 0.6 is 0 Å². The van der Waals surface area contributed by atoms with Crippen LogP contribution in [0.25, 0.3) is 0 Å². The van der Waals surface area contributed by atoms with Crippen LogP contribution in [0.15, 0.2) is 72.9 Å². The van der Waals surface area contributed by atoms with Crippen LogP contribution in [0.1, 0.15) is 162 Å². The van der Waals surface area contributed by atoms with Crippen LogP contribution in [0.4, 0.5) is 0 Å². The molecule has 0 aromatic carbocycles. The maximum atomic E-state index is 12.7. The van der Waals surface area contributed by atoms with Gasteiger partial charge >= 0.3 is 11.9 Å². The average molecular weight is 697 g/mol. The fourth-order valence-electron chi connectivity index (χ4n) is 5.27. The van der Waals surface area contributed by atoms with Crippen molar-refractivity contribution in [3.05, 3.63) is 72.9 Å². The third-order valence-electron chi connectivity index (χ3n) is 8.24. The Kier molecular flexibility index (Phi) is 34.7. The largest absolute Gasteiger partial charge is 0.480 e. The number of esters is 1. The smallest absolute Gasteiger partial charge is 0.326 e.